The first-order chi connectivity index (χ1) is 9.89. The standard InChI is InChI=1S/C16H23N3O2/c1-5-17-13-8-6-12(7-9-13)14-10-11-19(18-14)15(20)21-16(2,3)4/h6-9,17H,5,10-11H2,1-4H3. The Hall–Kier alpha value is -2.04. The highest BCUT2D eigenvalue weighted by Crippen LogP contribution is 2.18. The summed E-state index contributed by atoms with van der Waals surface area (Å²) in [5.74, 6) is 0. The van der Waals surface area contributed by atoms with Crippen LogP contribution in [0, 0.1) is 0 Å². The minimum atomic E-state index is -0.497. The van der Waals surface area contributed by atoms with Gasteiger partial charge in [0.25, 0.3) is 0 Å². The highest BCUT2D eigenvalue weighted by Gasteiger charge is 2.26. The second-order valence-electron chi connectivity index (χ2n) is 6.01. The molecular formula is C16H23N3O2. The van der Waals surface area contributed by atoms with Crippen molar-refractivity contribution in [3.05, 3.63) is 29.8 Å². The molecule has 1 amide bonds. The highest BCUT2D eigenvalue weighted by atomic mass is 16.6. The summed E-state index contributed by atoms with van der Waals surface area (Å²) in [5, 5.41) is 9.03. The third kappa shape index (κ3) is 4.21. The van der Waals surface area contributed by atoms with Crippen molar-refractivity contribution in [2.24, 2.45) is 5.10 Å². The van der Waals surface area contributed by atoms with Crippen LogP contribution in [0.2, 0.25) is 0 Å². The number of hydrazone groups is 1. The van der Waals surface area contributed by atoms with Crippen molar-refractivity contribution in [2.45, 2.75) is 39.7 Å². The fourth-order valence-corrected chi connectivity index (χ4v) is 2.09. The number of carbonyl (C=O) groups excluding carboxylic acids is 1. The zero-order chi connectivity index (χ0) is 15.5. The molecule has 5 nitrogen and oxygen atoms in total. The Morgan fingerprint density at radius 1 is 1.33 bits per heavy atom. The Bertz CT molecular complexity index is 529. The van der Waals surface area contributed by atoms with Crippen LogP contribution in [0.4, 0.5) is 10.5 Å². The zero-order valence-corrected chi connectivity index (χ0v) is 13.1. The molecule has 0 radical (unpaired) electrons. The quantitative estimate of drug-likeness (QED) is 0.927. The maximum Gasteiger partial charge on any atom is 0.430 e. The van der Waals surface area contributed by atoms with Crippen LogP contribution in [0.5, 0.6) is 0 Å². The monoisotopic (exact) mass is 289 g/mol. The average molecular weight is 289 g/mol. The summed E-state index contributed by atoms with van der Waals surface area (Å²) in [5.41, 5.74) is 2.55. The molecule has 0 saturated heterocycles. The summed E-state index contributed by atoms with van der Waals surface area (Å²) in [7, 11) is 0. The third-order valence-corrected chi connectivity index (χ3v) is 3.01. The predicted octanol–water partition coefficient (Wildman–Crippen LogP) is 3.46. The summed E-state index contributed by atoms with van der Waals surface area (Å²) in [6, 6.07) is 8.10. The van der Waals surface area contributed by atoms with Gasteiger partial charge in [-0.1, -0.05) is 12.1 Å². The first-order valence-corrected chi connectivity index (χ1v) is 7.31. The largest absolute Gasteiger partial charge is 0.442 e. The van der Waals surface area contributed by atoms with Gasteiger partial charge in [-0.3, -0.25) is 0 Å². The van der Waals surface area contributed by atoms with Crippen LogP contribution in [0.25, 0.3) is 0 Å². The molecule has 1 aliphatic rings. The molecule has 1 aromatic rings. The van der Waals surface area contributed by atoms with Crippen LogP contribution >= 0.6 is 0 Å². The number of hydrogen-bond acceptors (Lipinski definition) is 4. The number of rotatable bonds is 3. The molecule has 0 spiro atoms. The van der Waals surface area contributed by atoms with Gasteiger partial charge in [0.2, 0.25) is 0 Å². The summed E-state index contributed by atoms with van der Waals surface area (Å²) >= 11 is 0. The van der Waals surface area contributed by atoms with Crippen molar-refractivity contribution in [1.29, 1.82) is 0 Å². The molecule has 1 aromatic carbocycles. The van der Waals surface area contributed by atoms with Gasteiger partial charge in [-0.2, -0.15) is 10.1 Å². The van der Waals surface area contributed by atoms with Gasteiger partial charge in [0.05, 0.1) is 12.3 Å². The first-order valence-electron chi connectivity index (χ1n) is 7.31. The average Bonchev–Trinajstić information content (AvgIpc) is 2.88. The number of hydrogen-bond donors (Lipinski definition) is 1. The summed E-state index contributed by atoms with van der Waals surface area (Å²) in [4.78, 5) is 12.0. The van der Waals surface area contributed by atoms with E-state index in [-0.39, 0.29) is 6.09 Å². The second kappa shape index (κ2) is 6.16. The number of ether oxygens (including phenoxy) is 1. The number of benzene rings is 1. The van der Waals surface area contributed by atoms with Crippen molar-refractivity contribution in [1.82, 2.24) is 5.01 Å². The maximum atomic E-state index is 12.0. The SMILES string of the molecule is CCNc1ccc(C2=NN(C(=O)OC(C)(C)C)CC2)cc1. The van der Waals surface area contributed by atoms with E-state index < -0.39 is 5.60 Å². The smallest absolute Gasteiger partial charge is 0.430 e. The minimum Gasteiger partial charge on any atom is -0.442 e. The predicted molar refractivity (Wildman–Crippen MR) is 84.7 cm³/mol. The molecule has 0 fully saturated rings. The Kier molecular flexibility index (Phi) is 4.50. The van der Waals surface area contributed by atoms with Crippen molar-refractivity contribution in [3.63, 3.8) is 0 Å². The molecule has 0 bridgehead atoms. The molecule has 0 atom stereocenters. The van der Waals surface area contributed by atoms with E-state index in [9.17, 15) is 4.79 Å². The Morgan fingerprint density at radius 2 is 2.00 bits per heavy atom. The molecule has 1 aliphatic heterocycles. The normalized spacial score (nSPS) is 14.9. The molecule has 0 unspecified atom stereocenters. The zero-order valence-electron chi connectivity index (χ0n) is 13.1. The van der Waals surface area contributed by atoms with Crippen LogP contribution in [0.1, 0.15) is 39.7 Å². The van der Waals surface area contributed by atoms with Crippen molar-refractivity contribution < 1.29 is 9.53 Å². The Labute approximate surface area is 126 Å². The summed E-state index contributed by atoms with van der Waals surface area (Å²) < 4.78 is 5.33. The van der Waals surface area contributed by atoms with E-state index in [1.54, 1.807) is 0 Å². The van der Waals surface area contributed by atoms with E-state index >= 15 is 0 Å². The van der Waals surface area contributed by atoms with Gasteiger partial charge in [-0.05, 0) is 45.4 Å². The van der Waals surface area contributed by atoms with Crippen LogP contribution in [0.15, 0.2) is 29.4 Å². The fraction of sp³-hybridized carbons (Fsp3) is 0.500. The van der Waals surface area contributed by atoms with Crippen molar-refractivity contribution in [2.75, 3.05) is 18.4 Å². The van der Waals surface area contributed by atoms with Crippen molar-refractivity contribution in [3.8, 4) is 0 Å². The lowest BCUT2D eigenvalue weighted by molar-refractivity contribution is 0.0276. The van der Waals surface area contributed by atoms with Gasteiger partial charge in [-0.25, -0.2) is 4.79 Å². The lowest BCUT2D eigenvalue weighted by Crippen LogP contribution is -2.32. The fourth-order valence-electron chi connectivity index (χ4n) is 2.09. The first kappa shape index (κ1) is 15.4. The number of amides is 1. The Balaban J connectivity index is 2.05. The van der Waals surface area contributed by atoms with E-state index in [1.165, 1.54) is 5.01 Å². The van der Waals surface area contributed by atoms with Crippen LogP contribution in [-0.4, -0.2) is 35.5 Å². The van der Waals surface area contributed by atoms with Crippen LogP contribution in [0.3, 0.4) is 0 Å². The number of anilines is 1. The minimum absolute atomic E-state index is 0.387. The summed E-state index contributed by atoms with van der Waals surface area (Å²) in [6.45, 7) is 9.08. The molecule has 21 heavy (non-hydrogen) atoms. The topological polar surface area (TPSA) is 53.9 Å². The Morgan fingerprint density at radius 3 is 2.57 bits per heavy atom. The lowest BCUT2D eigenvalue weighted by atomic mass is 10.1. The van der Waals surface area contributed by atoms with E-state index in [0.717, 1.165) is 29.9 Å². The van der Waals surface area contributed by atoms with Gasteiger partial charge >= 0.3 is 6.09 Å². The highest BCUT2D eigenvalue weighted by molar-refractivity contribution is 6.02. The molecular weight excluding hydrogens is 266 g/mol. The molecule has 1 heterocycles. The number of nitrogens with one attached hydrogen (secondary N) is 1. The number of nitrogens with zero attached hydrogens (tertiary/aromatic N) is 2. The van der Waals surface area contributed by atoms with E-state index in [1.807, 2.05) is 45.0 Å². The second-order valence-corrected chi connectivity index (χ2v) is 6.01. The van der Waals surface area contributed by atoms with E-state index in [4.69, 9.17) is 4.74 Å². The summed E-state index contributed by atoms with van der Waals surface area (Å²) in [6.07, 6.45) is 0.363. The van der Waals surface area contributed by atoms with Crippen molar-refractivity contribution >= 4 is 17.5 Å². The molecule has 1 N–H and O–H groups in total. The van der Waals surface area contributed by atoms with Gasteiger partial charge in [-0.15, -0.1) is 0 Å². The molecule has 2 rings (SSSR count). The maximum absolute atomic E-state index is 12.0. The van der Waals surface area contributed by atoms with Gasteiger partial charge in [0.15, 0.2) is 0 Å². The van der Waals surface area contributed by atoms with E-state index in [0.29, 0.717) is 6.54 Å². The van der Waals surface area contributed by atoms with Gasteiger partial charge in [0.1, 0.15) is 5.60 Å². The molecule has 0 aromatic heterocycles. The molecule has 5 heteroatoms. The van der Waals surface area contributed by atoms with E-state index in [2.05, 4.69) is 17.3 Å². The molecule has 0 saturated carbocycles. The van der Waals surface area contributed by atoms with Crippen LogP contribution < -0.4 is 5.32 Å². The lowest BCUT2D eigenvalue weighted by Gasteiger charge is -2.22. The van der Waals surface area contributed by atoms with Gasteiger partial charge < -0.3 is 10.1 Å². The van der Waals surface area contributed by atoms with Gasteiger partial charge in [0, 0.05) is 18.7 Å². The number of carbonyl (C=O) groups is 1. The van der Waals surface area contributed by atoms with Crippen LogP contribution in [-0.2, 0) is 4.74 Å². The molecule has 114 valence electrons. The molecule has 0 aliphatic carbocycles. The third-order valence-electron chi connectivity index (χ3n) is 3.01.